The largest absolute Gasteiger partial charge is 0.348 e. The molecule has 0 fully saturated rings. The van der Waals surface area contributed by atoms with Gasteiger partial charge in [0, 0.05) is 4.47 Å². The Bertz CT molecular complexity index is 833. The lowest BCUT2D eigenvalue weighted by molar-refractivity contribution is -0.124. The molecule has 2 amide bonds. The summed E-state index contributed by atoms with van der Waals surface area (Å²) in [4.78, 5) is 25.5. The standard InChI is InChI=1S/C22H27BrN2O2/c1-13(2)20(25-21(26)17-8-6-7-9-19(17)23)22(27)24-16(5)18-12-14(3)10-11-15(18)4/h6-13,16,20H,1-5H3,(H,24,27)(H,25,26)/t16-,20+/m0/s1. The fourth-order valence-electron chi connectivity index (χ4n) is 3.01. The van der Waals surface area contributed by atoms with Gasteiger partial charge in [-0.25, -0.2) is 0 Å². The van der Waals surface area contributed by atoms with E-state index in [-0.39, 0.29) is 23.8 Å². The van der Waals surface area contributed by atoms with E-state index in [2.05, 4.69) is 44.8 Å². The van der Waals surface area contributed by atoms with Crippen LogP contribution in [0.5, 0.6) is 0 Å². The van der Waals surface area contributed by atoms with E-state index in [1.807, 2.05) is 46.8 Å². The van der Waals surface area contributed by atoms with Gasteiger partial charge in [-0.3, -0.25) is 9.59 Å². The number of aryl methyl sites for hydroxylation is 2. The predicted octanol–water partition coefficient (Wildman–Crippen LogP) is 4.70. The molecule has 4 nitrogen and oxygen atoms in total. The third-order valence-electron chi connectivity index (χ3n) is 4.61. The molecular weight excluding hydrogens is 404 g/mol. The van der Waals surface area contributed by atoms with Gasteiger partial charge >= 0.3 is 0 Å². The monoisotopic (exact) mass is 430 g/mol. The molecule has 0 spiro atoms. The molecule has 0 aliphatic rings. The van der Waals surface area contributed by atoms with E-state index < -0.39 is 6.04 Å². The van der Waals surface area contributed by atoms with Crippen LogP contribution in [-0.4, -0.2) is 17.9 Å². The van der Waals surface area contributed by atoms with Gasteiger partial charge in [-0.15, -0.1) is 0 Å². The first-order chi connectivity index (χ1) is 12.7. The Labute approximate surface area is 169 Å². The normalized spacial score (nSPS) is 13.1. The Morgan fingerprint density at radius 2 is 1.63 bits per heavy atom. The second-order valence-corrected chi connectivity index (χ2v) is 8.12. The van der Waals surface area contributed by atoms with Gasteiger partial charge in [0.2, 0.25) is 5.91 Å². The first-order valence-corrected chi connectivity index (χ1v) is 9.93. The van der Waals surface area contributed by atoms with E-state index in [1.165, 1.54) is 0 Å². The molecule has 5 heteroatoms. The van der Waals surface area contributed by atoms with Gasteiger partial charge in [-0.05, 0) is 65.9 Å². The quantitative estimate of drug-likeness (QED) is 0.697. The number of hydrogen-bond acceptors (Lipinski definition) is 2. The minimum absolute atomic E-state index is 0.0396. The molecule has 144 valence electrons. The van der Waals surface area contributed by atoms with Crippen molar-refractivity contribution in [1.82, 2.24) is 10.6 Å². The molecule has 2 N–H and O–H groups in total. The van der Waals surface area contributed by atoms with Gasteiger partial charge in [0.25, 0.3) is 5.91 Å². The van der Waals surface area contributed by atoms with Gasteiger partial charge < -0.3 is 10.6 Å². The molecule has 0 bridgehead atoms. The first kappa shape index (κ1) is 21.2. The minimum Gasteiger partial charge on any atom is -0.348 e. The van der Waals surface area contributed by atoms with Crippen molar-refractivity contribution >= 4 is 27.7 Å². The molecule has 0 saturated carbocycles. The summed E-state index contributed by atoms with van der Waals surface area (Å²) < 4.78 is 0.703. The molecule has 0 radical (unpaired) electrons. The van der Waals surface area contributed by atoms with Crippen molar-refractivity contribution in [1.29, 1.82) is 0 Å². The second-order valence-electron chi connectivity index (χ2n) is 7.27. The summed E-state index contributed by atoms with van der Waals surface area (Å²) in [7, 11) is 0. The molecular formula is C22H27BrN2O2. The van der Waals surface area contributed by atoms with Crippen molar-refractivity contribution in [2.75, 3.05) is 0 Å². The molecule has 0 aliphatic heterocycles. The van der Waals surface area contributed by atoms with Crippen LogP contribution in [0.25, 0.3) is 0 Å². The number of carbonyl (C=O) groups excluding carboxylic acids is 2. The average molecular weight is 431 g/mol. The molecule has 0 aliphatic carbocycles. The number of benzene rings is 2. The average Bonchev–Trinajstić information content (AvgIpc) is 2.61. The summed E-state index contributed by atoms with van der Waals surface area (Å²) in [6.45, 7) is 9.88. The van der Waals surface area contributed by atoms with E-state index in [9.17, 15) is 9.59 Å². The highest BCUT2D eigenvalue weighted by molar-refractivity contribution is 9.10. The fourth-order valence-corrected chi connectivity index (χ4v) is 3.47. The third-order valence-corrected chi connectivity index (χ3v) is 5.31. The summed E-state index contributed by atoms with van der Waals surface area (Å²) >= 11 is 3.39. The van der Waals surface area contributed by atoms with Gasteiger partial charge in [-0.1, -0.05) is 49.7 Å². The number of halogens is 1. The molecule has 2 aromatic rings. The van der Waals surface area contributed by atoms with Gasteiger partial charge in [0.15, 0.2) is 0 Å². The van der Waals surface area contributed by atoms with Crippen LogP contribution in [0.4, 0.5) is 0 Å². The Morgan fingerprint density at radius 3 is 2.26 bits per heavy atom. The predicted molar refractivity (Wildman–Crippen MR) is 113 cm³/mol. The maximum Gasteiger partial charge on any atom is 0.253 e. The lowest BCUT2D eigenvalue weighted by Crippen LogP contribution is -2.50. The zero-order valence-corrected chi connectivity index (χ0v) is 18.1. The fraction of sp³-hybridized carbons (Fsp3) is 0.364. The van der Waals surface area contributed by atoms with Crippen molar-refractivity contribution in [2.45, 2.75) is 46.7 Å². The zero-order chi connectivity index (χ0) is 20.1. The van der Waals surface area contributed by atoms with Crippen LogP contribution in [0.2, 0.25) is 0 Å². The highest BCUT2D eigenvalue weighted by Crippen LogP contribution is 2.20. The molecule has 27 heavy (non-hydrogen) atoms. The summed E-state index contributed by atoms with van der Waals surface area (Å²) in [5.41, 5.74) is 3.88. The lowest BCUT2D eigenvalue weighted by atomic mass is 9.98. The van der Waals surface area contributed by atoms with E-state index in [4.69, 9.17) is 0 Å². The number of amides is 2. The second kappa shape index (κ2) is 9.18. The maximum atomic E-state index is 12.9. The van der Waals surface area contributed by atoms with Crippen molar-refractivity contribution in [2.24, 2.45) is 5.92 Å². The van der Waals surface area contributed by atoms with Crippen LogP contribution in [0.3, 0.4) is 0 Å². The van der Waals surface area contributed by atoms with Crippen molar-refractivity contribution in [3.63, 3.8) is 0 Å². The number of nitrogens with one attached hydrogen (secondary N) is 2. The van der Waals surface area contributed by atoms with Crippen molar-refractivity contribution in [3.8, 4) is 0 Å². The maximum absolute atomic E-state index is 12.9. The molecule has 0 heterocycles. The van der Waals surface area contributed by atoms with Gasteiger partial charge in [-0.2, -0.15) is 0 Å². The highest BCUT2D eigenvalue weighted by Gasteiger charge is 2.26. The van der Waals surface area contributed by atoms with Crippen LogP contribution >= 0.6 is 15.9 Å². The van der Waals surface area contributed by atoms with Gasteiger partial charge in [0.05, 0.1) is 11.6 Å². The van der Waals surface area contributed by atoms with Crippen LogP contribution in [0.1, 0.15) is 53.9 Å². The van der Waals surface area contributed by atoms with Crippen LogP contribution in [0, 0.1) is 19.8 Å². The smallest absolute Gasteiger partial charge is 0.253 e. The highest BCUT2D eigenvalue weighted by atomic mass is 79.9. The van der Waals surface area contributed by atoms with Crippen molar-refractivity contribution in [3.05, 3.63) is 69.2 Å². The number of carbonyl (C=O) groups is 2. The molecule has 2 rings (SSSR count). The van der Waals surface area contributed by atoms with Crippen molar-refractivity contribution < 1.29 is 9.59 Å². The Morgan fingerprint density at radius 1 is 0.963 bits per heavy atom. The zero-order valence-electron chi connectivity index (χ0n) is 16.5. The van der Waals surface area contributed by atoms with Crippen LogP contribution < -0.4 is 10.6 Å². The summed E-state index contributed by atoms with van der Waals surface area (Å²) in [5.74, 6) is -0.489. The van der Waals surface area contributed by atoms with Gasteiger partial charge in [0.1, 0.15) is 6.04 Å². The Balaban J connectivity index is 2.14. The molecule has 2 atom stereocenters. The molecule has 0 aromatic heterocycles. The topological polar surface area (TPSA) is 58.2 Å². The Kier molecular flexibility index (Phi) is 7.19. The SMILES string of the molecule is Cc1ccc(C)c([C@H](C)NC(=O)[C@H](NC(=O)c2ccccc2Br)C(C)C)c1. The number of rotatable bonds is 6. The van der Waals surface area contributed by atoms with Crippen LogP contribution in [-0.2, 0) is 4.79 Å². The molecule has 0 unspecified atom stereocenters. The summed E-state index contributed by atoms with van der Waals surface area (Å²) in [5, 5.41) is 5.93. The summed E-state index contributed by atoms with van der Waals surface area (Å²) in [6, 6.07) is 12.6. The van der Waals surface area contributed by atoms with E-state index >= 15 is 0 Å². The van der Waals surface area contributed by atoms with E-state index in [0.29, 0.717) is 10.0 Å². The first-order valence-electron chi connectivity index (χ1n) is 9.13. The lowest BCUT2D eigenvalue weighted by Gasteiger charge is -2.25. The Hall–Kier alpha value is -2.14. The van der Waals surface area contributed by atoms with Crippen LogP contribution in [0.15, 0.2) is 46.9 Å². The molecule has 0 saturated heterocycles. The number of hydrogen-bond donors (Lipinski definition) is 2. The summed E-state index contributed by atoms with van der Waals surface area (Å²) in [6.07, 6.45) is 0. The molecule has 2 aromatic carbocycles. The van der Waals surface area contributed by atoms with E-state index in [0.717, 1.165) is 16.7 Å². The third kappa shape index (κ3) is 5.42. The minimum atomic E-state index is -0.614. The van der Waals surface area contributed by atoms with E-state index in [1.54, 1.807) is 12.1 Å².